The Labute approximate surface area is 160 Å². The van der Waals surface area contributed by atoms with Crippen LogP contribution in [0.1, 0.15) is 12.2 Å². The van der Waals surface area contributed by atoms with Crippen molar-refractivity contribution >= 4 is 16.9 Å². The van der Waals surface area contributed by atoms with Crippen LogP contribution in [-0.4, -0.2) is 44.6 Å². The number of H-pyrrole nitrogens is 1. The summed E-state index contributed by atoms with van der Waals surface area (Å²) >= 11 is 0. The predicted molar refractivity (Wildman–Crippen MR) is 103 cm³/mol. The zero-order valence-electron chi connectivity index (χ0n) is 15.2. The largest absolute Gasteiger partial charge is 0.373 e. The number of likely N-dealkylation sites (tertiary alicyclic amines) is 1. The fourth-order valence-electron chi connectivity index (χ4n) is 3.75. The molecule has 0 radical (unpaired) electrons. The smallest absolute Gasteiger partial charge is 0.262 e. The molecule has 1 aliphatic rings. The Morgan fingerprint density at radius 1 is 1.21 bits per heavy atom. The van der Waals surface area contributed by atoms with Crippen molar-refractivity contribution in [2.75, 3.05) is 13.6 Å². The number of fused-ring (bicyclic) bond motifs is 1. The third-order valence-electron chi connectivity index (χ3n) is 5.36. The van der Waals surface area contributed by atoms with Crippen LogP contribution in [0.15, 0.2) is 59.4 Å². The molecule has 1 aromatic carbocycles. The van der Waals surface area contributed by atoms with Gasteiger partial charge in [0.1, 0.15) is 11.3 Å². The Kier molecular flexibility index (Phi) is 3.60. The Bertz CT molecular complexity index is 1200. The second-order valence-corrected chi connectivity index (χ2v) is 7.09. The van der Waals surface area contributed by atoms with Crippen molar-refractivity contribution in [1.29, 1.82) is 0 Å². The molecule has 1 aliphatic heterocycles. The summed E-state index contributed by atoms with van der Waals surface area (Å²) < 4.78 is 5.37. The number of hydrogen-bond acceptors (Lipinski definition) is 5. The molecule has 3 aromatic heterocycles. The van der Waals surface area contributed by atoms with Gasteiger partial charge in [-0.1, -0.05) is 23.4 Å². The number of hydrogen-bond donors (Lipinski definition) is 2. The summed E-state index contributed by atoms with van der Waals surface area (Å²) in [6, 6.07) is 13.5. The lowest BCUT2D eigenvalue weighted by atomic mass is 9.97. The maximum atomic E-state index is 12.3. The van der Waals surface area contributed by atoms with Crippen LogP contribution in [0.5, 0.6) is 0 Å². The second-order valence-electron chi connectivity index (χ2n) is 7.09. The Hall–Kier alpha value is -3.45. The molecule has 0 spiro atoms. The van der Waals surface area contributed by atoms with E-state index in [1.807, 2.05) is 42.6 Å². The molecule has 1 atom stereocenters. The summed E-state index contributed by atoms with van der Waals surface area (Å²) in [7, 11) is 1.66. The van der Waals surface area contributed by atoms with Gasteiger partial charge in [0, 0.05) is 49.4 Å². The first-order chi connectivity index (χ1) is 13.6. The average Bonchev–Trinajstić information content (AvgIpc) is 3.45. The van der Waals surface area contributed by atoms with Crippen molar-refractivity contribution in [3.63, 3.8) is 0 Å². The number of carbonyl (C=O) groups excluding carboxylic acids is 1. The summed E-state index contributed by atoms with van der Waals surface area (Å²) in [6.45, 7) is 0.482. The molecule has 28 heavy (non-hydrogen) atoms. The van der Waals surface area contributed by atoms with Crippen LogP contribution in [-0.2, 0) is 10.4 Å². The zero-order chi connectivity index (χ0) is 19.3. The highest BCUT2D eigenvalue weighted by molar-refractivity contribution is 5.93. The van der Waals surface area contributed by atoms with E-state index in [4.69, 9.17) is 4.52 Å². The molecule has 0 saturated carbocycles. The molecule has 0 bridgehead atoms. The van der Waals surface area contributed by atoms with E-state index in [2.05, 4.69) is 15.1 Å². The van der Waals surface area contributed by atoms with Crippen LogP contribution >= 0.6 is 0 Å². The lowest BCUT2D eigenvalue weighted by molar-refractivity contribution is -0.144. The first kappa shape index (κ1) is 16.7. The molecule has 7 heteroatoms. The van der Waals surface area contributed by atoms with E-state index in [1.165, 1.54) is 4.90 Å². The van der Waals surface area contributed by atoms with Gasteiger partial charge in [0.2, 0.25) is 5.60 Å². The number of pyridine rings is 1. The van der Waals surface area contributed by atoms with Gasteiger partial charge in [-0.25, -0.2) is 4.98 Å². The summed E-state index contributed by atoms with van der Waals surface area (Å²) in [4.78, 5) is 21.2. The predicted octanol–water partition coefficient (Wildman–Crippen LogP) is 2.93. The number of likely N-dealkylation sites (N-methyl/N-ethyl adjacent to an activating group) is 1. The van der Waals surface area contributed by atoms with E-state index in [0.717, 1.165) is 27.7 Å². The lowest BCUT2D eigenvalue weighted by Gasteiger charge is -2.16. The maximum absolute atomic E-state index is 12.3. The molecule has 4 aromatic rings. The number of amides is 1. The van der Waals surface area contributed by atoms with Crippen LogP contribution in [0.4, 0.5) is 0 Å². The highest BCUT2D eigenvalue weighted by atomic mass is 16.5. The first-order valence-corrected chi connectivity index (χ1v) is 9.04. The molecule has 2 N–H and O–H groups in total. The molecule has 4 heterocycles. The second kappa shape index (κ2) is 6.03. The van der Waals surface area contributed by atoms with Crippen molar-refractivity contribution in [1.82, 2.24) is 20.0 Å². The monoisotopic (exact) mass is 374 g/mol. The Morgan fingerprint density at radius 2 is 2.07 bits per heavy atom. The molecule has 1 amide bonds. The topological polar surface area (TPSA) is 95.2 Å². The quantitative estimate of drug-likeness (QED) is 0.575. The first-order valence-electron chi connectivity index (χ1n) is 9.04. The van der Waals surface area contributed by atoms with Crippen molar-refractivity contribution in [3.05, 3.63) is 60.6 Å². The van der Waals surface area contributed by atoms with E-state index < -0.39 is 5.60 Å². The number of aliphatic hydroxyl groups is 1. The summed E-state index contributed by atoms with van der Waals surface area (Å²) in [5.74, 6) is -0.185. The van der Waals surface area contributed by atoms with E-state index in [1.54, 1.807) is 19.3 Å². The van der Waals surface area contributed by atoms with Crippen molar-refractivity contribution < 1.29 is 14.4 Å². The van der Waals surface area contributed by atoms with Gasteiger partial charge in [-0.15, -0.1) is 0 Å². The molecule has 1 fully saturated rings. The average molecular weight is 374 g/mol. The number of benzene rings is 1. The van der Waals surface area contributed by atoms with Gasteiger partial charge in [0.25, 0.3) is 5.91 Å². The van der Waals surface area contributed by atoms with Crippen LogP contribution in [0.25, 0.3) is 33.4 Å². The number of nitrogens with zero attached hydrogens (tertiary/aromatic N) is 3. The standard InChI is InChI=1S/C21H18N4O3/c1-25-10-7-21(27,20(25)26)18-12-17(24-28-18)14-4-2-3-13(11-14)15-5-8-22-19-16(15)6-9-23-19/h2-6,8-9,11-12,27H,7,10H2,1H3,(H,22,23)/t21-/m1/s1. The maximum Gasteiger partial charge on any atom is 0.262 e. The van der Waals surface area contributed by atoms with Crippen molar-refractivity contribution in [2.45, 2.75) is 12.0 Å². The summed E-state index contributed by atoms with van der Waals surface area (Å²) in [6.07, 6.45) is 3.93. The number of nitrogens with one attached hydrogen (secondary N) is 1. The lowest BCUT2D eigenvalue weighted by Crippen LogP contribution is -2.35. The van der Waals surface area contributed by atoms with Crippen molar-refractivity contribution in [2.24, 2.45) is 0 Å². The Balaban J connectivity index is 1.54. The van der Waals surface area contributed by atoms with Gasteiger partial charge in [-0.2, -0.15) is 0 Å². The number of rotatable bonds is 3. The minimum Gasteiger partial charge on any atom is -0.373 e. The van der Waals surface area contributed by atoms with Gasteiger partial charge in [0.05, 0.1) is 0 Å². The molecular formula is C21H18N4O3. The fraction of sp³-hybridized carbons (Fsp3) is 0.190. The van der Waals surface area contributed by atoms with Gasteiger partial charge in [-0.3, -0.25) is 4.79 Å². The molecule has 140 valence electrons. The molecule has 0 aliphatic carbocycles. The number of aromatic amines is 1. The number of aromatic nitrogens is 3. The molecule has 1 saturated heterocycles. The Morgan fingerprint density at radius 3 is 2.89 bits per heavy atom. The van der Waals surface area contributed by atoms with Crippen LogP contribution < -0.4 is 0 Å². The molecule has 5 rings (SSSR count). The number of carbonyl (C=O) groups is 1. The normalized spacial score (nSPS) is 19.6. The third-order valence-corrected chi connectivity index (χ3v) is 5.36. The van der Waals surface area contributed by atoms with E-state index in [0.29, 0.717) is 18.7 Å². The van der Waals surface area contributed by atoms with E-state index in [9.17, 15) is 9.90 Å². The minimum absolute atomic E-state index is 0.180. The zero-order valence-corrected chi connectivity index (χ0v) is 15.2. The third kappa shape index (κ3) is 2.44. The van der Waals surface area contributed by atoms with Crippen LogP contribution in [0.3, 0.4) is 0 Å². The van der Waals surface area contributed by atoms with E-state index in [-0.39, 0.29) is 11.7 Å². The van der Waals surface area contributed by atoms with Gasteiger partial charge in [-0.05, 0) is 29.3 Å². The van der Waals surface area contributed by atoms with E-state index >= 15 is 0 Å². The molecule has 0 unspecified atom stereocenters. The van der Waals surface area contributed by atoms with Crippen LogP contribution in [0, 0.1) is 0 Å². The highest BCUT2D eigenvalue weighted by Crippen LogP contribution is 2.36. The summed E-state index contributed by atoms with van der Waals surface area (Å²) in [5, 5.41) is 15.9. The van der Waals surface area contributed by atoms with Gasteiger partial charge in [0.15, 0.2) is 5.76 Å². The molecular weight excluding hydrogens is 356 g/mol. The van der Waals surface area contributed by atoms with Gasteiger partial charge < -0.3 is 19.5 Å². The molecule has 7 nitrogen and oxygen atoms in total. The van der Waals surface area contributed by atoms with Crippen molar-refractivity contribution in [3.8, 4) is 22.4 Å². The summed E-state index contributed by atoms with van der Waals surface area (Å²) in [5.41, 5.74) is 2.69. The van der Waals surface area contributed by atoms with Crippen LogP contribution in [0.2, 0.25) is 0 Å². The van der Waals surface area contributed by atoms with Gasteiger partial charge >= 0.3 is 0 Å². The fourth-order valence-corrected chi connectivity index (χ4v) is 3.75. The minimum atomic E-state index is -1.64. The SMILES string of the molecule is CN1CC[C@@](O)(c2cc(-c3cccc(-c4ccnc5[nH]ccc45)c3)no2)C1=O. The highest BCUT2D eigenvalue weighted by Gasteiger charge is 2.48.